The van der Waals surface area contributed by atoms with Crippen LogP contribution in [0.3, 0.4) is 0 Å². The van der Waals surface area contributed by atoms with Crippen LogP contribution < -0.4 is 0 Å². The van der Waals surface area contributed by atoms with Crippen molar-refractivity contribution in [1.82, 2.24) is 0 Å². The molecule has 0 aliphatic rings. The van der Waals surface area contributed by atoms with Crippen LogP contribution >= 0.6 is 22.7 Å². The monoisotopic (exact) mass is 370 g/mol. The zero-order chi connectivity index (χ0) is 17.6. The zero-order valence-corrected chi connectivity index (χ0v) is 15.8. The molecule has 0 fully saturated rings. The van der Waals surface area contributed by atoms with Crippen LogP contribution in [0, 0.1) is 0 Å². The number of rotatable bonds is 5. The van der Waals surface area contributed by atoms with E-state index in [0.717, 1.165) is 0 Å². The number of thiophene rings is 2. The quantitative estimate of drug-likeness (QED) is 0.336. The van der Waals surface area contributed by atoms with Gasteiger partial charge < -0.3 is 0 Å². The summed E-state index contributed by atoms with van der Waals surface area (Å²) in [5, 5.41) is 8.92. The smallest absolute Gasteiger partial charge is 0.00102 e. The van der Waals surface area contributed by atoms with Crippen LogP contribution in [0.1, 0.15) is 22.3 Å². The Bertz CT molecular complexity index is 933. The van der Waals surface area contributed by atoms with E-state index in [9.17, 15) is 0 Å². The first kappa shape index (κ1) is 16.8. The molecule has 0 radical (unpaired) electrons. The minimum absolute atomic E-state index is 1.22. The van der Waals surface area contributed by atoms with Gasteiger partial charge in [-0.25, -0.2) is 0 Å². The summed E-state index contributed by atoms with van der Waals surface area (Å²) in [6.07, 6.45) is 8.78. The Balaban J connectivity index is 1.62. The maximum Gasteiger partial charge on any atom is 0.00102 e. The Morgan fingerprint density at radius 2 is 0.885 bits per heavy atom. The molecule has 0 aliphatic heterocycles. The molecular formula is C24H18S2. The lowest BCUT2D eigenvalue weighted by atomic mass is 10.0. The second-order valence-electron chi connectivity index (χ2n) is 5.97. The van der Waals surface area contributed by atoms with Crippen LogP contribution in [0.5, 0.6) is 0 Å². The van der Waals surface area contributed by atoms with E-state index in [1.807, 2.05) is 12.1 Å². The van der Waals surface area contributed by atoms with Crippen LogP contribution in [0.4, 0.5) is 0 Å². The first-order chi connectivity index (χ1) is 12.9. The second-order valence-corrected chi connectivity index (χ2v) is 7.46. The molecule has 0 N–H and O–H groups in total. The SMILES string of the molecule is C(=Cc1cscc1-c1cscc1C=Cc1ccccc1)c1ccccc1. The van der Waals surface area contributed by atoms with Gasteiger partial charge in [-0.1, -0.05) is 85.0 Å². The largest absolute Gasteiger partial charge is 0.151 e. The van der Waals surface area contributed by atoms with Gasteiger partial charge in [0.15, 0.2) is 0 Å². The summed E-state index contributed by atoms with van der Waals surface area (Å²) in [5.41, 5.74) is 7.59. The fraction of sp³-hybridized carbons (Fsp3) is 0. The van der Waals surface area contributed by atoms with E-state index in [2.05, 4.69) is 94.4 Å². The Morgan fingerprint density at radius 3 is 1.31 bits per heavy atom. The third-order valence-electron chi connectivity index (χ3n) is 4.18. The van der Waals surface area contributed by atoms with E-state index in [1.54, 1.807) is 22.7 Å². The molecule has 0 saturated carbocycles. The average Bonchev–Trinajstić information content (AvgIpc) is 3.35. The molecule has 2 aromatic carbocycles. The maximum atomic E-state index is 2.24. The van der Waals surface area contributed by atoms with Crippen LogP contribution in [0.15, 0.2) is 82.2 Å². The second kappa shape index (κ2) is 8.13. The highest BCUT2D eigenvalue weighted by atomic mass is 32.1. The average molecular weight is 371 g/mol. The van der Waals surface area contributed by atoms with E-state index in [4.69, 9.17) is 0 Å². The van der Waals surface area contributed by atoms with Gasteiger partial charge in [0.05, 0.1) is 0 Å². The Kier molecular flexibility index (Phi) is 5.25. The van der Waals surface area contributed by atoms with Gasteiger partial charge in [-0.2, -0.15) is 22.7 Å². The summed E-state index contributed by atoms with van der Waals surface area (Å²) in [5.74, 6) is 0. The van der Waals surface area contributed by atoms with Gasteiger partial charge >= 0.3 is 0 Å². The van der Waals surface area contributed by atoms with Crippen LogP contribution in [-0.4, -0.2) is 0 Å². The molecule has 2 heteroatoms. The predicted molar refractivity (Wildman–Crippen MR) is 118 cm³/mol. The number of benzene rings is 2. The van der Waals surface area contributed by atoms with Crippen molar-refractivity contribution in [2.45, 2.75) is 0 Å². The summed E-state index contributed by atoms with van der Waals surface area (Å²) < 4.78 is 0. The third kappa shape index (κ3) is 3.93. The molecule has 0 saturated heterocycles. The highest BCUT2D eigenvalue weighted by Gasteiger charge is 2.09. The summed E-state index contributed by atoms with van der Waals surface area (Å²) >= 11 is 3.50. The fourth-order valence-electron chi connectivity index (χ4n) is 2.81. The maximum absolute atomic E-state index is 2.24. The lowest BCUT2D eigenvalue weighted by molar-refractivity contribution is 1.66. The molecule has 4 aromatic rings. The molecule has 0 unspecified atom stereocenters. The molecule has 2 aromatic heterocycles. The van der Waals surface area contributed by atoms with E-state index < -0.39 is 0 Å². The molecule has 26 heavy (non-hydrogen) atoms. The lowest BCUT2D eigenvalue weighted by Crippen LogP contribution is -1.78. The molecule has 4 rings (SSSR count). The molecule has 0 atom stereocenters. The normalized spacial score (nSPS) is 11.5. The highest BCUT2D eigenvalue weighted by molar-refractivity contribution is 7.09. The highest BCUT2D eigenvalue weighted by Crippen LogP contribution is 2.34. The molecule has 126 valence electrons. The van der Waals surface area contributed by atoms with Crippen molar-refractivity contribution in [2.75, 3.05) is 0 Å². The van der Waals surface area contributed by atoms with Gasteiger partial charge in [-0.3, -0.25) is 0 Å². The minimum Gasteiger partial charge on any atom is -0.151 e. The Morgan fingerprint density at radius 1 is 0.462 bits per heavy atom. The van der Waals surface area contributed by atoms with Gasteiger partial charge in [0, 0.05) is 11.1 Å². The van der Waals surface area contributed by atoms with E-state index in [1.165, 1.54) is 33.4 Å². The van der Waals surface area contributed by atoms with Crippen LogP contribution in [-0.2, 0) is 0 Å². The van der Waals surface area contributed by atoms with Crippen molar-refractivity contribution in [3.8, 4) is 11.1 Å². The number of hydrogen-bond acceptors (Lipinski definition) is 2. The van der Waals surface area contributed by atoms with Gasteiger partial charge in [-0.15, -0.1) is 0 Å². The van der Waals surface area contributed by atoms with Crippen molar-refractivity contribution >= 4 is 47.0 Å². The van der Waals surface area contributed by atoms with Crippen molar-refractivity contribution in [3.05, 3.63) is 104 Å². The van der Waals surface area contributed by atoms with Crippen molar-refractivity contribution in [2.24, 2.45) is 0 Å². The first-order valence-electron chi connectivity index (χ1n) is 8.49. The van der Waals surface area contributed by atoms with Crippen molar-refractivity contribution in [1.29, 1.82) is 0 Å². The molecule has 2 heterocycles. The Labute approximate surface area is 162 Å². The molecule has 0 amide bonds. The van der Waals surface area contributed by atoms with E-state index in [-0.39, 0.29) is 0 Å². The standard InChI is InChI=1S/C24H18S2/c1-3-7-19(8-4-1)11-13-21-15-25-17-23(21)24-18-26-16-22(24)14-12-20-9-5-2-6-10-20/h1-18H. The lowest BCUT2D eigenvalue weighted by Gasteiger charge is -2.01. The predicted octanol–water partition coefficient (Wildman–Crippen LogP) is 7.82. The van der Waals surface area contributed by atoms with Crippen molar-refractivity contribution in [3.63, 3.8) is 0 Å². The number of hydrogen-bond donors (Lipinski definition) is 0. The first-order valence-corrected chi connectivity index (χ1v) is 10.4. The molecule has 0 spiro atoms. The van der Waals surface area contributed by atoms with Gasteiger partial charge in [0.1, 0.15) is 0 Å². The van der Waals surface area contributed by atoms with E-state index in [0.29, 0.717) is 0 Å². The fourth-order valence-corrected chi connectivity index (χ4v) is 4.45. The zero-order valence-electron chi connectivity index (χ0n) is 14.2. The summed E-state index contributed by atoms with van der Waals surface area (Å²) in [7, 11) is 0. The van der Waals surface area contributed by atoms with Gasteiger partial charge in [0.25, 0.3) is 0 Å². The van der Waals surface area contributed by atoms with Crippen molar-refractivity contribution < 1.29 is 0 Å². The summed E-state index contributed by atoms with van der Waals surface area (Å²) in [4.78, 5) is 0. The summed E-state index contributed by atoms with van der Waals surface area (Å²) in [6.45, 7) is 0. The third-order valence-corrected chi connectivity index (χ3v) is 5.71. The molecule has 0 bridgehead atoms. The molecular weight excluding hydrogens is 352 g/mol. The van der Waals surface area contributed by atoms with Gasteiger partial charge in [-0.05, 0) is 43.8 Å². The minimum atomic E-state index is 1.22. The Hall–Kier alpha value is -2.68. The molecule has 0 aliphatic carbocycles. The van der Waals surface area contributed by atoms with Crippen LogP contribution in [0.25, 0.3) is 35.4 Å². The van der Waals surface area contributed by atoms with Gasteiger partial charge in [0.2, 0.25) is 0 Å². The topological polar surface area (TPSA) is 0 Å². The van der Waals surface area contributed by atoms with E-state index >= 15 is 0 Å². The van der Waals surface area contributed by atoms with Crippen LogP contribution in [0.2, 0.25) is 0 Å². The summed E-state index contributed by atoms with van der Waals surface area (Å²) in [6, 6.07) is 20.9. The molecule has 0 nitrogen and oxygen atoms in total.